The SMILES string of the molecule is CCCC[CH]([SiH](C)C)[Sn]([Cl])([CH]1CCCCC1)[CH]1CCCCC1. The normalized spacial score (nSPS) is 23.9. The molecule has 1 unspecified atom stereocenters. The zero-order valence-corrected chi connectivity index (χ0v) is 20.1. The Bertz CT molecular complexity index is 291. The van der Waals surface area contributed by atoms with E-state index in [1.807, 2.05) is 0 Å². The molecule has 0 N–H and O–H groups in total. The van der Waals surface area contributed by atoms with Gasteiger partial charge in [0.05, 0.1) is 0 Å². The van der Waals surface area contributed by atoms with Crippen molar-refractivity contribution < 1.29 is 0 Å². The van der Waals surface area contributed by atoms with Crippen LogP contribution in [0.25, 0.3) is 0 Å². The molecule has 0 nitrogen and oxygen atoms in total. The van der Waals surface area contributed by atoms with E-state index < -0.39 is 26.0 Å². The fourth-order valence-electron chi connectivity index (χ4n) is 5.52. The van der Waals surface area contributed by atoms with Crippen molar-refractivity contribution in [1.82, 2.24) is 0 Å². The van der Waals surface area contributed by atoms with Crippen LogP contribution in [0, 0.1) is 0 Å². The van der Waals surface area contributed by atoms with E-state index in [0.717, 1.165) is 11.4 Å². The molecule has 1 atom stereocenters. The Kier molecular flexibility index (Phi) is 8.66. The second-order valence-electron chi connectivity index (χ2n) is 8.49. The number of hydrogen-bond donors (Lipinski definition) is 0. The van der Waals surface area contributed by atoms with Gasteiger partial charge in [-0.15, -0.1) is 0 Å². The Balaban J connectivity index is 2.24. The van der Waals surface area contributed by atoms with Crippen LogP contribution in [0.2, 0.25) is 24.5 Å². The van der Waals surface area contributed by atoms with Crippen LogP contribution in [-0.2, 0) is 0 Å². The summed E-state index contributed by atoms with van der Waals surface area (Å²) in [5.41, 5.74) is 0. The van der Waals surface area contributed by atoms with Gasteiger partial charge in [-0.05, 0) is 0 Å². The third-order valence-electron chi connectivity index (χ3n) is 6.70. The quantitative estimate of drug-likeness (QED) is 0.355. The first-order valence-corrected chi connectivity index (χ1v) is 21.8. The summed E-state index contributed by atoms with van der Waals surface area (Å²) >= 11 is -2.57. The Labute approximate surface area is 149 Å². The third kappa shape index (κ3) is 4.68. The van der Waals surface area contributed by atoms with Crippen molar-refractivity contribution in [2.45, 2.75) is 115 Å². The molecule has 2 rings (SSSR count). The molecule has 2 aliphatic carbocycles. The minimum atomic E-state index is -2.57. The van der Waals surface area contributed by atoms with Crippen LogP contribution in [0.5, 0.6) is 0 Å². The van der Waals surface area contributed by atoms with Crippen molar-refractivity contribution in [3.8, 4) is 0 Å². The van der Waals surface area contributed by atoms with Crippen molar-refractivity contribution in [1.29, 1.82) is 0 Å². The first-order valence-electron chi connectivity index (χ1n) is 10.3. The molecule has 2 fully saturated rings. The van der Waals surface area contributed by atoms with E-state index in [-0.39, 0.29) is 0 Å². The van der Waals surface area contributed by atoms with Crippen LogP contribution in [0.4, 0.5) is 0 Å². The fraction of sp³-hybridized carbons (Fsp3) is 1.00. The van der Waals surface area contributed by atoms with E-state index in [2.05, 4.69) is 20.0 Å². The van der Waals surface area contributed by atoms with Gasteiger partial charge in [-0.2, -0.15) is 0 Å². The van der Waals surface area contributed by atoms with E-state index in [1.165, 1.54) is 83.5 Å². The summed E-state index contributed by atoms with van der Waals surface area (Å²) in [6.07, 6.45) is 19.3. The van der Waals surface area contributed by atoms with Gasteiger partial charge in [0.25, 0.3) is 0 Å². The number of rotatable bonds is 7. The molecule has 2 saturated carbocycles. The van der Waals surface area contributed by atoms with Crippen molar-refractivity contribution in [3.05, 3.63) is 0 Å². The van der Waals surface area contributed by atoms with Gasteiger partial charge < -0.3 is 0 Å². The van der Waals surface area contributed by atoms with E-state index in [4.69, 9.17) is 8.92 Å². The second kappa shape index (κ2) is 9.70. The molecule has 0 aromatic rings. The topological polar surface area (TPSA) is 0 Å². The molecule has 0 aliphatic heterocycles. The Morgan fingerprint density at radius 3 is 1.73 bits per heavy atom. The molecule has 0 aromatic heterocycles. The summed E-state index contributed by atoms with van der Waals surface area (Å²) in [5, 5.41) is 0. The van der Waals surface area contributed by atoms with Crippen molar-refractivity contribution in [2.24, 2.45) is 0 Å². The van der Waals surface area contributed by atoms with E-state index in [9.17, 15) is 0 Å². The van der Waals surface area contributed by atoms with Gasteiger partial charge in [-0.1, -0.05) is 0 Å². The molecule has 3 heteroatoms. The number of unbranched alkanes of at least 4 members (excludes halogenated alkanes) is 1. The predicted molar refractivity (Wildman–Crippen MR) is 107 cm³/mol. The molecule has 0 radical (unpaired) electrons. The maximum absolute atomic E-state index is 7.94. The van der Waals surface area contributed by atoms with Crippen LogP contribution in [0.15, 0.2) is 0 Å². The van der Waals surface area contributed by atoms with Crippen LogP contribution >= 0.6 is 8.92 Å². The van der Waals surface area contributed by atoms with Gasteiger partial charge in [-0.25, -0.2) is 0 Å². The summed E-state index contributed by atoms with van der Waals surface area (Å²) in [6, 6.07) is 0. The zero-order chi connectivity index (χ0) is 16.0. The van der Waals surface area contributed by atoms with Gasteiger partial charge in [0.2, 0.25) is 0 Å². The van der Waals surface area contributed by atoms with Crippen LogP contribution < -0.4 is 0 Å². The average molecular weight is 450 g/mol. The first kappa shape index (κ1) is 19.6. The number of halogens is 1. The molecule has 130 valence electrons. The average Bonchev–Trinajstić information content (AvgIpc) is 2.56. The van der Waals surface area contributed by atoms with E-state index in [0.29, 0.717) is 0 Å². The Morgan fingerprint density at radius 1 is 0.909 bits per heavy atom. The van der Waals surface area contributed by atoms with Crippen molar-refractivity contribution >= 4 is 35.0 Å². The molecule has 0 aromatic carbocycles. The molecule has 2 aliphatic rings. The second-order valence-corrected chi connectivity index (χ2v) is 29.6. The molecule has 0 amide bonds. The summed E-state index contributed by atoms with van der Waals surface area (Å²) in [4.78, 5) is 0. The van der Waals surface area contributed by atoms with E-state index in [1.54, 1.807) is 0 Å². The monoisotopic (exact) mass is 450 g/mol. The van der Waals surface area contributed by atoms with Gasteiger partial charge in [0.1, 0.15) is 0 Å². The third-order valence-corrected chi connectivity index (χ3v) is 40.0. The van der Waals surface area contributed by atoms with Crippen LogP contribution in [-0.4, -0.2) is 26.0 Å². The van der Waals surface area contributed by atoms with E-state index >= 15 is 0 Å². The zero-order valence-electron chi connectivity index (χ0n) is 15.4. The van der Waals surface area contributed by atoms with Crippen LogP contribution in [0.3, 0.4) is 0 Å². The molecule has 0 heterocycles. The Hall–Kier alpha value is 1.31. The molecule has 0 spiro atoms. The van der Waals surface area contributed by atoms with Crippen LogP contribution in [0.1, 0.15) is 90.4 Å². The molecule has 0 bridgehead atoms. The van der Waals surface area contributed by atoms with Crippen molar-refractivity contribution in [3.63, 3.8) is 0 Å². The summed E-state index contributed by atoms with van der Waals surface area (Å²) in [5.74, 6) is 0. The van der Waals surface area contributed by atoms with Gasteiger partial charge >= 0.3 is 150 Å². The number of hydrogen-bond acceptors (Lipinski definition) is 0. The Morgan fingerprint density at radius 2 is 1.36 bits per heavy atom. The molecular weight excluding hydrogens is 410 g/mol. The molecular formula is C19H39ClSiSn. The van der Waals surface area contributed by atoms with Gasteiger partial charge in [-0.3, -0.25) is 0 Å². The summed E-state index contributed by atoms with van der Waals surface area (Å²) in [7, 11) is 7.32. The minimum absolute atomic E-state index is 0.623. The van der Waals surface area contributed by atoms with Gasteiger partial charge in [0.15, 0.2) is 0 Å². The predicted octanol–water partition coefficient (Wildman–Crippen LogP) is 7.43. The first-order chi connectivity index (χ1) is 10.6. The molecule has 0 saturated heterocycles. The summed E-state index contributed by atoms with van der Waals surface area (Å²) in [6.45, 7) is 7.62. The fourth-order valence-corrected chi connectivity index (χ4v) is 43.2. The van der Waals surface area contributed by atoms with Crippen molar-refractivity contribution in [2.75, 3.05) is 0 Å². The molecule has 22 heavy (non-hydrogen) atoms. The summed E-state index contributed by atoms with van der Waals surface area (Å²) < 4.78 is 3.14. The maximum atomic E-state index is 7.94. The van der Waals surface area contributed by atoms with Gasteiger partial charge in [0, 0.05) is 0 Å². The standard InChI is InChI=1S/C7H17Si.2C6H11.ClH.Sn/c1-4-5-6-7-8(2)3;2*1-2-4-6-5-3-1;;/h7-8H,4-6H2,1-3H3;2*1H,2-6H2;1H;/q;;;;+1/p-1.